The second-order valence-corrected chi connectivity index (χ2v) is 5.89. The number of benzene rings is 2. The normalized spacial score (nSPS) is 12.2. The largest absolute Gasteiger partial charge is 0.378 e. The van der Waals surface area contributed by atoms with Crippen molar-refractivity contribution < 1.29 is 0 Å². The Balaban J connectivity index is 2.24. The van der Waals surface area contributed by atoms with Crippen LogP contribution in [-0.4, -0.2) is 0 Å². The van der Waals surface area contributed by atoms with Gasteiger partial charge in [0, 0.05) is 15.2 Å². The maximum atomic E-state index is 6.16. The van der Waals surface area contributed by atoms with Gasteiger partial charge in [-0.2, -0.15) is 0 Å². The molecule has 1 unspecified atom stereocenters. The van der Waals surface area contributed by atoms with Crippen molar-refractivity contribution in [2.45, 2.75) is 26.3 Å². The van der Waals surface area contributed by atoms with Gasteiger partial charge in [0.05, 0.1) is 6.04 Å². The van der Waals surface area contributed by atoms with Gasteiger partial charge in [-0.1, -0.05) is 52.7 Å². The summed E-state index contributed by atoms with van der Waals surface area (Å²) in [7, 11) is 0. The third-order valence-corrected chi connectivity index (χ3v) is 4.22. The standard InChI is InChI=1S/C16H17BrClN/c1-3-15(12-7-9-13(17)10-8-12)19-16-6-4-5-14(18)11(16)2/h4-10,15,19H,3H2,1-2H3. The van der Waals surface area contributed by atoms with Gasteiger partial charge in [0.1, 0.15) is 0 Å². The average Bonchev–Trinajstić information content (AvgIpc) is 2.42. The summed E-state index contributed by atoms with van der Waals surface area (Å²) in [5, 5.41) is 4.38. The zero-order valence-corrected chi connectivity index (χ0v) is 13.4. The Hall–Kier alpha value is -0.990. The molecule has 0 bridgehead atoms. The van der Waals surface area contributed by atoms with Crippen LogP contribution in [0.4, 0.5) is 5.69 Å². The monoisotopic (exact) mass is 337 g/mol. The van der Waals surface area contributed by atoms with E-state index >= 15 is 0 Å². The topological polar surface area (TPSA) is 12.0 Å². The van der Waals surface area contributed by atoms with Gasteiger partial charge in [0.15, 0.2) is 0 Å². The number of anilines is 1. The van der Waals surface area contributed by atoms with Gasteiger partial charge in [-0.15, -0.1) is 0 Å². The van der Waals surface area contributed by atoms with Crippen molar-refractivity contribution in [3.8, 4) is 0 Å². The Morgan fingerprint density at radius 3 is 2.47 bits per heavy atom. The van der Waals surface area contributed by atoms with E-state index in [-0.39, 0.29) is 0 Å². The van der Waals surface area contributed by atoms with Crippen LogP contribution < -0.4 is 5.32 Å². The molecule has 1 atom stereocenters. The van der Waals surface area contributed by atoms with Gasteiger partial charge in [-0.25, -0.2) is 0 Å². The highest BCUT2D eigenvalue weighted by atomic mass is 79.9. The molecule has 100 valence electrons. The second-order valence-electron chi connectivity index (χ2n) is 4.57. The van der Waals surface area contributed by atoms with Crippen LogP contribution in [0.3, 0.4) is 0 Å². The van der Waals surface area contributed by atoms with Gasteiger partial charge < -0.3 is 5.32 Å². The molecule has 0 aliphatic heterocycles. The minimum absolute atomic E-state index is 0.297. The van der Waals surface area contributed by atoms with Gasteiger partial charge in [-0.05, 0) is 48.7 Å². The van der Waals surface area contributed by atoms with Crippen LogP contribution >= 0.6 is 27.5 Å². The van der Waals surface area contributed by atoms with E-state index in [2.05, 4.69) is 58.5 Å². The molecule has 2 rings (SSSR count). The van der Waals surface area contributed by atoms with Crippen molar-refractivity contribution in [3.05, 3.63) is 63.1 Å². The molecule has 0 heterocycles. The first kappa shape index (κ1) is 14.4. The smallest absolute Gasteiger partial charge is 0.0511 e. The van der Waals surface area contributed by atoms with Gasteiger partial charge in [0.25, 0.3) is 0 Å². The first-order valence-corrected chi connectivity index (χ1v) is 7.56. The summed E-state index contributed by atoms with van der Waals surface area (Å²) >= 11 is 9.63. The van der Waals surface area contributed by atoms with Crippen LogP contribution in [0.15, 0.2) is 46.9 Å². The summed E-state index contributed by atoms with van der Waals surface area (Å²) in [5.74, 6) is 0. The predicted molar refractivity (Wildman–Crippen MR) is 87.0 cm³/mol. The maximum absolute atomic E-state index is 6.16. The van der Waals surface area contributed by atoms with Gasteiger partial charge >= 0.3 is 0 Å². The van der Waals surface area contributed by atoms with Crippen molar-refractivity contribution in [1.29, 1.82) is 0 Å². The average molecular weight is 339 g/mol. The third-order valence-electron chi connectivity index (χ3n) is 3.28. The van der Waals surface area contributed by atoms with Crippen molar-refractivity contribution in [2.24, 2.45) is 0 Å². The molecule has 0 aliphatic carbocycles. The van der Waals surface area contributed by atoms with Crippen LogP contribution in [-0.2, 0) is 0 Å². The minimum Gasteiger partial charge on any atom is -0.378 e. The molecule has 3 heteroatoms. The molecule has 0 spiro atoms. The zero-order chi connectivity index (χ0) is 13.8. The summed E-state index contributed by atoms with van der Waals surface area (Å²) in [4.78, 5) is 0. The molecule has 19 heavy (non-hydrogen) atoms. The Labute approximate surface area is 128 Å². The third kappa shape index (κ3) is 3.52. The molecule has 0 radical (unpaired) electrons. The van der Waals surface area contributed by atoms with E-state index in [0.717, 1.165) is 27.2 Å². The summed E-state index contributed by atoms with van der Waals surface area (Å²) in [6.07, 6.45) is 1.02. The molecule has 0 aromatic heterocycles. The van der Waals surface area contributed by atoms with Gasteiger partial charge in [-0.3, -0.25) is 0 Å². The molecular formula is C16H17BrClN. The first-order valence-electron chi connectivity index (χ1n) is 6.39. The molecule has 1 N–H and O–H groups in total. The predicted octanol–water partition coefficient (Wildman–Crippen LogP) is 5.97. The maximum Gasteiger partial charge on any atom is 0.0511 e. The quantitative estimate of drug-likeness (QED) is 0.723. The van der Waals surface area contributed by atoms with E-state index in [0.29, 0.717) is 6.04 Å². The Morgan fingerprint density at radius 1 is 1.16 bits per heavy atom. The van der Waals surface area contributed by atoms with Crippen molar-refractivity contribution in [3.63, 3.8) is 0 Å². The lowest BCUT2D eigenvalue weighted by Gasteiger charge is -2.20. The molecule has 2 aromatic carbocycles. The Morgan fingerprint density at radius 2 is 1.84 bits per heavy atom. The molecule has 1 nitrogen and oxygen atoms in total. The summed E-state index contributed by atoms with van der Waals surface area (Å²) in [5.41, 5.74) is 3.48. The molecule has 0 aliphatic rings. The first-order chi connectivity index (χ1) is 9.11. The summed E-state index contributed by atoms with van der Waals surface area (Å²) in [6.45, 7) is 4.22. The number of rotatable bonds is 4. The lowest BCUT2D eigenvalue weighted by molar-refractivity contribution is 0.748. The number of hydrogen-bond acceptors (Lipinski definition) is 1. The minimum atomic E-state index is 0.297. The van der Waals surface area contributed by atoms with Gasteiger partial charge in [0.2, 0.25) is 0 Å². The fourth-order valence-electron chi connectivity index (χ4n) is 2.07. The fourth-order valence-corrected chi connectivity index (χ4v) is 2.51. The highest BCUT2D eigenvalue weighted by Crippen LogP contribution is 2.28. The molecule has 0 amide bonds. The fraction of sp³-hybridized carbons (Fsp3) is 0.250. The van der Waals surface area contributed by atoms with E-state index < -0.39 is 0 Å². The number of hydrogen-bond donors (Lipinski definition) is 1. The Bertz CT molecular complexity index is 551. The van der Waals surface area contributed by atoms with E-state index in [1.165, 1.54) is 5.56 Å². The zero-order valence-electron chi connectivity index (χ0n) is 11.1. The van der Waals surface area contributed by atoms with E-state index in [1.807, 2.05) is 19.1 Å². The van der Waals surface area contributed by atoms with Crippen LogP contribution in [0.2, 0.25) is 5.02 Å². The van der Waals surface area contributed by atoms with Crippen molar-refractivity contribution in [2.75, 3.05) is 5.32 Å². The van der Waals surface area contributed by atoms with E-state index in [4.69, 9.17) is 11.6 Å². The van der Waals surface area contributed by atoms with Crippen molar-refractivity contribution in [1.82, 2.24) is 0 Å². The van der Waals surface area contributed by atoms with Crippen LogP contribution in [0.25, 0.3) is 0 Å². The van der Waals surface area contributed by atoms with E-state index in [1.54, 1.807) is 0 Å². The van der Waals surface area contributed by atoms with Crippen LogP contribution in [0, 0.1) is 6.92 Å². The van der Waals surface area contributed by atoms with E-state index in [9.17, 15) is 0 Å². The SMILES string of the molecule is CCC(Nc1cccc(Cl)c1C)c1ccc(Br)cc1. The highest BCUT2D eigenvalue weighted by Gasteiger charge is 2.11. The number of nitrogens with one attached hydrogen (secondary N) is 1. The van der Waals surface area contributed by atoms with Crippen molar-refractivity contribution >= 4 is 33.2 Å². The lowest BCUT2D eigenvalue weighted by atomic mass is 10.0. The lowest BCUT2D eigenvalue weighted by Crippen LogP contribution is -2.10. The molecule has 2 aromatic rings. The van der Waals surface area contributed by atoms with Crippen LogP contribution in [0.5, 0.6) is 0 Å². The second kappa shape index (κ2) is 6.44. The summed E-state index contributed by atoms with van der Waals surface area (Å²) in [6, 6.07) is 14.7. The van der Waals surface area contributed by atoms with Crippen LogP contribution in [0.1, 0.15) is 30.5 Å². The molecule has 0 saturated carbocycles. The molecule has 0 saturated heterocycles. The Kier molecular flexibility index (Phi) is 4.89. The highest BCUT2D eigenvalue weighted by molar-refractivity contribution is 9.10. The number of halogens is 2. The molecular weight excluding hydrogens is 322 g/mol. The molecule has 0 fully saturated rings. The summed E-state index contributed by atoms with van der Waals surface area (Å²) < 4.78 is 1.10.